The number of aliphatic carboxylic acids is 1. The third-order valence-electron chi connectivity index (χ3n) is 3.42. The van der Waals surface area contributed by atoms with Gasteiger partial charge in [-0.2, -0.15) is 11.8 Å². The maximum absolute atomic E-state index is 11.2. The van der Waals surface area contributed by atoms with Gasteiger partial charge in [0.15, 0.2) is 0 Å². The molecule has 0 radical (unpaired) electrons. The largest absolute Gasteiger partial charge is 0.480 e. The highest BCUT2D eigenvalue weighted by Crippen LogP contribution is 2.33. The number of thioether (sulfide) groups is 1. The number of hydrogen-bond donors (Lipinski definition) is 5. The van der Waals surface area contributed by atoms with Gasteiger partial charge >= 0.3 is 12.0 Å². The molecule has 2 fully saturated rings. The lowest BCUT2D eigenvalue weighted by Gasteiger charge is -2.17. The zero-order valence-corrected chi connectivity index (χ0v) is 10.7. The van der Waals surface area contributed by atoms with Crippen LogP contribution in [0.5, 0.6) is 0 Å². The molecular formula is C10H18N4O3S. The predicted molar refractivity (Wildman–Crippen MR) is 68.1 cm³/mol. The smallest absolute Gasteiger partial charge is 0.322 e. The molecule has 18 heavy (non-hydrogen) atoms. The van der Waals surface area contributed by atoms with Crippen molar-refractivity contribution in [3.8, 4) is 0 Å². The van der Waals surface area contributed by atoms with Crippen LogP contribution in [0.1, 0.15) is 19.3 Å². The topological polar surface area (TPSA) is 116 Å². The second kappa shape index (κ2) is 5.77. The van der Waals surface area contributed by atoms with Crippen LogP contribution in [0.4, 0.5) is 4.79 Å². The van der Waals surface area contributed by atoms with Gasteiger partial charge in [-0.25, -0.2) is 10.2 Å². The van der Waals surface area contributed by atoms with Crippen molar-refractivity contribution < 1.29 is 14.7 Å². The molecule has 0 aromatic rings. The summed E-state index contributed by atoms with van der Waals surface area (Å²) < 4.78 is 0. The van der Waals surface area contributed by atoms with Crippen LogP contribution >= 0.6 is 11.8 Å². The Morgan fingerprint density at radius 1 is 1.61 bits per heavy atom. The van der Waals surface area contributed by atoms with E-state index in [-0.39, 0.29) is 18.1 Å². The Hall–Kier alpha value is -0.990. The quantitative estimate of drug-likeness (QED) is 0.247. The van der Waals surface area contributed by atoms with E-state index in [1.165, 1.54) is 0 Å². The van der Waals surface area contributed by atoms with E-state index in [4.69, 9.17) is 10.9 Å². The molecular weight excluding hydrogens is 256 g/mol. The van der Waals surface area contributed by atoms with Gasteiger partial charge in [-0.3, -0.25) is 10.6 Å². The maximum Gasteiger partial charge on any atom is 0.322 e. The normalized spacial score (nSPS) is 31.6. The fraction of sp³-hybridized carbons (Fsp3) is 0.800. The molecule has 102 valence electrons. The second-order valence-electron chi connectivity index (χ2n) is 4.61. The van der Waals surface area contributed by atoms with Crippen LogP contribution in [0.15, 0.2) is 0 Å². The highest BCUT2D eigenvalue weighted by Gasteiger charge is 2.42. The molecule has 2 saturated heterocycles. The number of amides is 2. The van der Waals surface area contributed by atoms with Gasteiger partial charge < -0.3 is 15.7 Å². The zero-order valence-electron chi connectivity index (χ0n) is 9.89. The SMILES string of the molecule is NNC(CCC[C@@H]1SC[C@@H]2NC(=O)N[C@@H]21)C(=O)O. The van der Waals surface area contributed by atoms with Crippen LogP contribution in [0.3, 0.4) is 0 Å². The van der Waals surface area contributed by atoms with Gasteiger partial charge in [-0.15, -0.1) is 0 Å². The van der Waals surface area contributed by atoms with E-state index in [1.54, 1.807) is 0 Å². The lowest BCUT2D eigenvalue weighted by Crippen LogP contribution is -2.41. The van der Waals surface area contributed by atoms with E-state index < -0.39 is 12.0 Å². The number of fused-ring (bicyclic) bond motifs is 1. The molecule has 2 aliphatic rings. The van der Waals surface area contributed by atoms with E-state index in [2.05, 4.69) is 16.1 Å². The lowest BCUT2D eigenvalue weighted by atomic mass is 10.0. The first-order valence-electron chi connectivity index (χ1n) is 5.99. The molecule has 0 bridgehead atoms. The summed E-state index contributed by atoms with van der Waals surface area (Å²) in [6.07, 6.45) is 2.17. The van der Waals surface area contributed by atoms with Crippen LogP contribution in [-0.2, 0) is 4.79 Å². The van der Waals surface area contributed by atoms with Gasteiger partial charge in [0, 0.05) is 11.0 Å². The molecule has 0 aliphatic carbocycles. The molecule has 0 spiro atoms. The monoisotopic (exact) mass is 274 g/mol. The third kappa shape index (κ3) is 2.88. The molecule has 0 aromatic heterocycles. The number of urea groups is 1. The van der Waals surface area contributed by atoms with Crippen LogP contribution in [-0.4, -0.2) is 46.2 Å². The van der Waals surface area contributed by atoms with Crippen molar-refractivity contribution in [1.82, 2.24) is 16.1 Å². The Kier molecular flexibility index (Phi) is 4.31. The van der Waals surface area contributed by atoms with Gasteiger partial charge in [0.2, 0.25) is 0 Å². The summed E-state index contributed by atoms with van der Waals surface area (Å²) in [7, 11) is 0. The molecule has 4 atom stereocenters. The summed E-state index contributed by atoms with van der Waals surface area (Å²) in [4.78, 5) is 22.0. The van der Waals surface area contributed by atoms with E-state index in [0.29, 0.717) is 11.7 Å². The number of rotatable bonds is 6. The Morgan fingerprint density at radius 3 is 3.06 bits per heavy atom. The predicted octanol–water partition coefficient (Wildman–Crippen LogP) is -0.761. The van der Waals surface area contributed by atoms with Crippen molar-refractivity contribution in [2.45, 2.75) is 42.6 Å². The van der Waals surface area contributed by atoms with Crippen molar-refractivity contribution in [3.63, 3.8) is 0 Å². The number of carboxylic acids is 1. The summed E-state index contributed by atoms with van der Waals surface area (Å²) in [6, 6.07) is -0.391. The minimum Gasteiger partial charge on any atom is -0.480 e. The number of carboxylic acid groups (broad SMARTS) is 1. The van der Waals surface area contributed by atoms with E-state index >= 15 is 0 Å². The minimum atomic E-state index is -0.926. The average molecular weight is 274 g/mol. The summed E-state index contributed by atoms with van der Waals surface area (Å²) >= 11 is 1.83. The number of hydrazine groups is 1. The fourth-order valence-corrected chi connectivity index (χ4v) is 3.99. The highest BCUT2D eigenvalue weighted by atomic mass is 32.2. The first-order valence-corrected chi connectivity index (χ1v) is 7.04. The number of carbonyl (C=O) groups excluding carboxylic acids is 1. The van der Waals surface area contributed by atoms with Crippen molar-refractivity contribution >= 4 is 23.8 Å². The molecule has 6 N–H and O–H groups in total. The number of nitrogens with one attached hydrogen (secondary N) is 3. The summed E-state index contributed by atoms with van der Waals surface area (Å²) in [6.45, 7) is 0. The standard InChI is InChI=1S/C10H18N4O3S/c11-14-5(9(15)16)2-1-3-7-8-6(4-18-7)12-10(17)13-8/h5-8,14H,1-4,11H2,(H,15,16)(H2,12,13,17)/t5?,6-,7-,8-/m0/s1. The van der Waals surface area contributed by atoms with Gasteiger partial charge in [-0.1, -0.05) is 6.42 Å². The molecule has 2 amide bonds. The number of carbonyl (C=O) groups is 2. The molecule has 7 nitrogen and oxygen atoms in total. The molecule has 0 aromatic carbocycles. The Morgan fingerprint density at radius 2 is 2.39 bits per heavy atom. The summed E-state index contributed by atoms with van der Waals surface area (Å²) in [5.41, 5.74) is 2.29. The van der Waals surface area contributed by atoms with Crippen molar-refractivity contribution in [1.29, 1.82) is 0 Å². The average Bonchev–Trinajstić information content (AvgIpc) is 2.84. The Balaban J connectivity index is 1.74. The van der Waals surface area contributed by atoms with Crippen molar-refractivity contribution in [2.75, 3.05) is 5.75 Å². The van der Waals surface area contributed by atoms with Gasteiger partial charge in [-0.05, 0) is 12.8 Å². The summed E-state index contributed by atoms with van der Waals surface area (Å²) in [5.74, 6) is 5.17. The van der Waals surface area contributed by atoms with Crippen LogP contribution in [0.25, 0.3) is 0 Å². The van der Waals surface area contributed by atoms with Gasteiger partial charge in [0.1, 0.15) is 6.04 Å². The molecule has 0 saturated carbocycles. The van der Waals surface area contributed by atoms with E-state index in [9.17, 15) is 9.59 Å². The molecule has 8 heteroatoms. The molecule has 2 heterocycles. The summed E-state index contributed by atoms with van der Waals surface area (Å²) in [5, 5.41) is 15.0. The van der Waals surface area contributed by atoms with Crippen LogP contribution in [0.2, 0.25) is 0 Å². The molecule has 2 aliphatic heterocycles. The van der Waals surface area contributed by atoms with Crippen molar-refractivity contribution in [2.24, 2.45) is 5.84 Å². The van der Waals surface area contributed by atoms with E-state index in [1.807, 2.05) is 11.8 Å². The van der Waals surface area contributed by atoms with Crippen LogP contribution < -0.4 is 21.9 Å². The van der Waals surface area contributed by atoms with Crippen molar-refractivity contribution in [3.05, 3.63) is 0 Å². The number of hydrogen-bond acceptors (Lipinski definition) is 5. The molecule has 2 rings (SSSR count). The van der Waals surface area contributed by atoms with E-state index in [0.717, 1.165) is 18.6 Å². The zero-order chi connectivity index (χ0) is 13.1. The van der Waals surface area contributed by atoms with Gasteiger partial charge in [0.05, 0.1) is 12.1 Å². The Labute approximate surface area is 109 Å². The highest BCUT2D eigenvalue weighted by molar-refractivity contribution is 8.00. The first-order chi connectivity index (χ1) is 8.61. The first kappa shape index (κ1) is 13.4. The minimum absolute atomic E-state index is 0.0951. The number of nitrogens with two attached hydrogens (primary N) is 1. The van der Waals surface area contributed by atoms with Gasteiger partial charge in [0.25, 0.3) is 0 Å². The fourth-order valence-electron chi connectivity index (χ4n) is 2.44. The maximum atomic E-state index is 11.2. The Bertz CT molecular complexity index is 341. The third-order valence-corrected chi connectivity index (χ3v) is 4.93. The second-order valence-corrected chi connectivity index (χ2v) is 5.88. The molecule has 1 unspecified atom stereocenters. The van der Waals surface area contributed by atoms with Crippen LogP contribution in [0, 0.1) is 0 Å². The lowest BCUT2D eigenvalue weighted by molar-refractivity contribution is -0.139.